The summed E-state index contributed by atoms with van der Waals surface area (Å²) in [5, 5.41) is 1.02. The minimum atomic E-state index is 0.676. The molecule has 2 heterocycles. The van der Waals surface area contributed by atoms with Gasteiger partial charge >= 0.3 is 0 Å². The first kappa shape index (κ1) is 6.16. The Bertz CT molecular complexity index is 389. The molecule has 11 heavy (non-hydrogen) atoms. The zero-order chi connectivity index (χ0) is 7.68. The van der Waals surface area contributed by atoms with Crippen LogP contribution in [0.4, 0.5) is 0 Å². The molecule has 0 aliphatic carbocycles. The molecule has 0 spiro atoms. The SMILES string of the molecule is C=Cc1cnc2occc2c1. The number of pyridine rings is 1. The van der Waals surface area contributed by atoms with Gasteiger partial charge in [0.15, 0.2) is 0 Å². The van der Waals surface area contributed by atoms with Crippen molar-refractivity contribution in [2.75, 3.05) is 0 Å². The highest BCUT2D eigenvalue weighted by atomic mass is 16.3. The molecule has 0 aliphatic heterocycles. The van der Waals surface area contributed by atoms with Gasteiger partial charge in [0.05, 0.1) is 6.26 Å². The van der Waals surface area contributed by atoms with Crippen molar-refractivity contribution in [2.24, 2.45) is 0 Å². The molecule has 2 aromatic rings. The zero-order valence-electron chi connectivity index (χ0n) is 5.95. The summed E-state index contributed by atoms with van der Waals surface area (Å²) < 4.78 is 5.07. The molecule has 2 heteroatoms. The van der Waals surface area contributed by atoms with Crippen molar-refractivity contribution in [3.63, 3.8) is 0 Å². The third kappa shape index (κ3) is 0.923. The molecule has 0 unspecified atom stereocenters. The van der Waals surface area contributed by atoms with Gasteiger partial charge in [0.1, 0.15) is 0 Å². The number of hydrogen-bond acceptors (Lipinski definition) is 2. The molecule has 0 aliphatic rings. The predicted molar refractivity (Wildman–Crippen MR) is 44.1 cm³/mol. The van der Waals surface area contributed by atoms with Crippen LogP contribution in [-0.4, -0.2) is 4.98 Å². The largest absolute Gasteiger partial charge is 0.446 e. The van der Waals surface area contributed by atoms with Crippen LogP contribution in [0.2, 0.25) is 0 Å². The molecule has 0 N–H and O–H groups in total. The van der Waals surface area contributed by atoms with E-state index in [-0.39, 0.29) is 0 Å². The molecule has 54 valence electrons. The van der Waals surface area contributed by atoms with E-state index in [4.69, 9.17) is 4.42 Å². The van der Waals surface area contributed by atoms with Crippen LogP contribution in [0.15, 0.2) is 35.6 Å². The number of hydrogen-bond donors (Lipinski definition) is 0. The third-order valence-electron chi connectivity index (χ3n) is 1.56. The van der Waals surface area contributed by atoms with Crippen molar-refractivity contribution in [3.8, 4) is 0 Å². The first-order valence-corrected chi connectivity index (χ1v) is 3.36. The zero-order valence-corrected chi connectivity index (χ0v) is 5.95. The Balaban J connectivity index is 2.76. The van der Waals surface area contributed by atoms with Crippen molar-refractivity contribution >= 4 is 17.2 Å². The van der Waals surface area contributed by atoms with Gasteiger partial charge in [-0.25, -0.2) is 4.98 Å². The Morgan fingerprint density at radius 3 is 3.27 bits per heavy atom. The fourth-order valence-corrected chi connectivity index (χ4v) is 0.988. The van der Waals surface area contributed by atoms with E-state index in [1.807, 2.05) is 12.1 Å². The van der Waals surface area contributed by atoms with Gasteiger partial charge in [-0.15, -0.1) is 0 Å². The molecule has 2 nitrogen and oxygen atoms in total. The molecule has 0 saturated carbocycles. The molecular weight excluding hydrogens is 138 g/mol. The van der Waals surface area contributed by atoms with Crippen molar-refractivity contribution in [1.29, 1.82) is 0 Å². The average Bonchev–Trinajstić information content (AvgIpc) is 2.50. The summed E-state index contributed by atoms with van der Waals surface area (Å²) in [5.74, 6) is 0. The monoisotopic (exact) mass is 145 g/mol. The lowest BCUT2D eigenvalue weighted by Crippen LogP contribution is -1.74. The lowest BCUT2D eigenvalue weighted by molar-refractivity contribution is 0.603. The van der Waals surface area contributed by atoms with E-state index in [2.05, 4.69) is 11.6 Å². The molecule has 0 fully saturated rings. The van der Waals surface area contributed by atoms with E-state index < -0.39 is 0 Å². The van der Waals surface area contributed by atoms with Crippen molar-refractivity contribution in [3.05, 3.63) is 36.7 Å². The molecule has 0 saturated heterocycles. The third-order valence-corrected chi connectivity index (χ3v) is 1.56. The van der Waals surface area contributed by atoms with Crippen LogP contribution < -0.4 is 0 Å². The van der Waals surface area contributed by atoms with Gasteiger partial charge in [0.2, 0.25) is 5.71 Å². The fraction of sp³-hybridized carbons (Fsp3) is 0. The Morgan fingerprint density at radius 2 is 2.45 bits per heavy atom. The minimum absolute atomic E-state index is 0.676. The number of rotatable bonds is 1. The number of nitrogens with zero attached hydrogens (tertiary/aromatic N) is 1. The van der Waals surface area contributed by atoms with Gasteiger partial charge < -0.3 is 4.42 Å². The van der Waals surface area contributed by atoms with Crippen molar-refractivity contribution in [1.82, 2.24) is 4.98 Å². The second-order valence-electron chi connectivity index (χ2n) is 2.29. The number of aromatic nitrogens is 1. The van der Waals surface area contributed by atoms with Gasteiger partial charge in [-0.3, -0.25) is 0 Å². The van der Waals surface area contributed by atoms with Gasteiger partial charge in [0, 0.05) is 11.6 Å². The normalized spacial score (nSPS) is 10.2. The van der Waals surface area contributed by atoms with Crippen molar-refractivity contribution in [2.45, 2.75) is 0 Å². The standard InChI is InChI=1S/C9H7NO/c1-2-7-5-8-3-4-11-9(8)10-6-7/h2-6H,1H2. The van der Waals surface area contributed by atoms with Crippen molar-refractivity contribution < 1.29 is 4.42 Å². The van der Waals surface area contributed by atoms with Crippen LogP contribution in [-0.2, 0) is 0 Å². The summed E-state index contributed by atoms with van der Waals surface area (Å²) in [7, 11) is 0. The number of furan rings is 1. The maximum absolute atomic E-state index is 5.07. The van der Waals surface area contributed by atoms with Gasteiger partial charge in [0.25, 0.3) is 0 Å². The highest BCUT2D eigenvalue weighted by Gasteiger charge is 1.96. The first-order chi connectivity index (χ1) is 5.40. The van der Waals surface area contributed by atoms with Gasteiger partial charge in [-0.05, 0) is 17.7 Å². The summed E-state index contributed by atoms with van der Waals surface area (Å²) in [5.41, 5.74) is 1.69. The summed E-state index contributed by atoms with van der Waals surface area (Å²) >= 11 is 0. The Labute approximate surface area is 64.2 Å². The summed E-state index contributed by atoms with van der Waals surface area (Å²) in [4.78, 5) is 4.07. The highest BCUT2D eigenvalue weighted by Crippen LogP contribution is 2.14. The Hall–Kier alpha value is -1.57. The van der Waals surface area contributed by atoms with E-state index >= 15 is 0 Å². The van der Waals surface area contributed by atoms with Crippen LogP contribution in [0, 0.1) is 0 Å². The van der Waals surface area contributed by atoms with Gasteiger partial charge in [-0.2, -0.15) is 0 Å². The molecule has 0 atom stereocenters. The van der Waals surface area contributed by atoms with E-state index in [0.717, 1.165) is 10.9 Å². The molecule has 2 aromatic heterocycles. The van der Waals surface area contributed by atoms with Crippen LogP contribution in [0.5, 0.6) is 0 Å². The lowest BCUT2D eigenvalue weighted by Gasteiger charge is -1.89. The Kier molecular flexibility index (Phi) is 1.25. The predicted octanol–water partition coefficient (Wildman–Crippen LogP) is 2.47. The van der Waals surface area contributed by atoms with Crippen LogP contribution >= 0.6 is 0 Å². The summed E-state index contributed by atoms with van der Waals surface area (Å²) in [6.45, 7) is 3.65. The fourth-order valence-electron chi connectivity index (χ4n) is 0.988. The van der Waals surface area contributed by atoms with Crippen LogP contribution in [0.3, 0.4) is 0 Å². The van der Waals surface area contributed by atoms with Gasteiger partial charge in [-0.1, -0.05) is 12.7 Å². The molecule has 2 rings (SSSR count). The second kappa shape index (κ2) is 2.23. The first-order valence-electron chi connectivity index (χ1n) is 3.36. The summed E-state index contributed by atoms with van der Waals surface area (Å²) in [6, 6.07) is 3.87. The smallest absolute Gasteiger partial charge is 0.225 e. The van der Waals surface area contributed by atoms with Crippen LogP contribution in [0.1, 0.15) is 5.56 Å². The maximum Gasteiger partial charge on any atom is 0.225 e. The summed E-state index contributed by atoms with van der Waals surface area (Å²) in [6.07, 6.45) is 5.13. The van der Waals surface area contributed by atoms with E-state index in [0.29, 0.717) is 5.71 Å². The Morgan fingerprint density at radius 1 is 1.55 bits per heavy atom. The van der Waals surface area contributed by atoms with E-state index in [9.17, 15) is 0 Å². The minimum Gasteiger partial charge on any atom is -0.446 e. The van der Waals surface area contributed by atoms with E-state index in [1.54, 1.807) is 18.5 Å². The highest BCUT2D eigenvalue weighted by molar-refractivity contribution is 5.75. The lowest BCUT2D eigenvalue weighted by atomic mass is 10.2. The topological polar surface area (TPSA) is 26.0 Å². The molecule has 0 amide bonds. The van der Waals surface area contributed by atoms with E-state index in [1.165, 1.54) is 0 Å². The molecule has 0 bridgehead atoms. The maximum atomic E-state index is 5.07. The van der Waals surface area contributed by atoms with Crippen LogP contribution in [0.25, 0.3) is 17.2 Å². The molecule has 0 aromatic carbocycles. The quantitative estimate of drug-likeness (QED) is 0.616. The number of fused-ring (bicyclic) bond motifs is 1. The molecular formula is C9H7NO. The average molecular weight is 145 g/mol. The second-order valence-corrected chi connectivity index (χ2v) is 2.29. The molecule has 0 radical (unpaired) electrons.